The summed E-state index contributed by atoms with van der Waals surface area (Å²) < 4.78 is 0. The number of nitrogens with one attached hydrogen (secondary N) is 2. The maximum absolute atomic E-state index is 4.33. The Kier molecular flexibility index (Phi) is 3.41. The van der Waals surface area contributed by atoms with Crippen LogP contribution in [0.15, 0.2) is 24.7 Å². The molecule has 0 unspecified atom stereocenters. The molecule has 19 heavy (non-hydrogen) atoms. The van der Waals surface area contributed by atoms with Crippen molar-refractivity contribution in [2.45, 2.75) is 19.8 Å². The fourth-order valence-corrected chi connectivity index (χ4v) is 2.89. The first-order valence-corrected chi connectivity index (χ1v) is 7.14. The van der Waals surface area contributed by atoms with Crippen LogP contribution in [0.4, 0.5) is 5.82 Å². The third-order valence-corrected chi connectivity index (χ3v) is 4.16. The minimum atomic E-state index is 0.825. The van der Waals surface area contributed by atoms with Crippen molar-refractivity contribution in [3.63, 3.8) is 0 Å². The van der Waals surface area contributed by atoms with Gasteiger partial charge in [0.2, 0.25) is 0 Å². The summed E-state index contributed by atoms with van der Waals surface area (Å²) in [4.78, 5) is 11.0. The zero-order valence-electron chi connectivity index (χ0n) is 10.7. The molecule has 0 spiro atoms. The quantitative estimate of drug-likeness (QED) is 0.750. The lowest BCUT2D eigenvalue weighted by Gasteiger charge is -2.04. The molecule has 5 nitrogen and oxygen atoms in total. The number of anilines is 1. The number of H-pyrrole nitrogens is 1. The van der Waals surface area contributed by atoms with Crippen LogP contribution in [-0.4, -0.2) is 26.7 Å². The van der Waals surface area contributed by atoms with E-state index in [1.807, 2.05) is 6.07 Å². The van der Waals surface area contributed by atoms with E-state index in [0.717, 1.165) is 41.1 Å². The average molecular weight is 273 g/mol. The van der Waals surface area contributed by atoms with E-state index in [4.69, 9.17) is 0 Å². The van der Waals surface area contributed by atoms with Crippen LogP contribution in [0.1, 0.15) is 17.5 Å². The Morgan fingerprint density at radius 2 is 2.32 bits per heavy atom. The smallest absolute Gasteiger partial charge is 0.138 e. The lowest BCUT2D eigenvalue weighted by Crippen LogP contribution is -2.06. The number of rotatable bonds is 5. The lowest BCUT2D eigenvalue weighted by molar-refractivity contribution is 0.925. The Labute approximate surface area is 115 Å². The monoisotopic (exact) mass is 273 g/mol. The maximum Gasteiger partial charge on any atom is 0.138 e. The summed E-state index contributed by atoms with van der Waals surface area (Å²) in [6, 6.07) is 4.16. The summed E-state index contributed by atoms with van der Waals surface area (Å²) in [7, 11) is 0. The molecule has 0 amide bonds. The predicted molar refractivity (Wildman–Crippen MR) is 77.6 cm³/mol. The van der Waals surface area contributed by atoms with Gasteiger partial charge in [0.25, 0.3) is 0 Å². The van der Waals surface area contributed by atoms with E-state index < -0.39 is 0 Å². The van der Waals surface area contributed by atoms with E-state index in [9.17, 15) is 0 Å². The van der Waals surface area contributed by atoms with Gasteiger partial charge in [0.05, 0.1) is 5.39 Å². The number of fused-ring (bicyclic) bond motifs is 1. The van der Waals surface area contributed by atoms with Crippen molar-refractivity contribution in [3.8, 4) is 0 Å². The van der Waals surface area contributed by atoms with Crippen molar-refractivity contribution in [1.82, 2.24) is 20.2 Å². The van der Waals surface area contributed by atoms with Crippen LogP contribution in [0, 0.1) is 0 Å². The summed E-state index contributed by atoms with van der Waals surface area (Å²) in [6.07, 6.45) is 5.33. The van der Waals surface area contributed by atoms with E-state index in [1.54, 1.807) is 23.9 Å². The Bertz CT molecular complexity index is 659. The maximum atomic E-state index is 4.33. The highest BCUT2D eigenvalue weighted by molar-refractivity contribution is 7.18. The molecule has 3 heterocycles. The van der Waals surface area contributed by atoms with Gasteiger partial charge < -0.3 is 5.32 Å². The second kappa shape index (κ2) is 5.36. The van der Waals surface area contributed by atoms with E-state index in [-0.39, 0.29) is 0 Å². The Balaban J connectivity index is 1.75. The number of nitrogens with zero attached hydrogens (tertiary/aromatic N) is 3. The highest BCUT2D eigenvalue weighted by Crippen LogP contribution is 2.28. The Morgan fingerprint density at radius 3 is 3.11 bits per heavy atom. The van der Waals surface area contributed by atoms with Crippen LogP contribution < -0.4 is 5.32 Å². The van der Waals surface area contributed by atoms with Crippen molar-refractivity contribution in [3.05, 3.63) is 35.2 Å². The van der Waals surface area contributed by atoms with Crippen molar-refractivity contribution >= 4 is 27.4 Å². The van der Waals surface area contributed by atoms with Gasteiger partial charge in [-0.05, 0) is 18.6 Å². The number of thiophene rings is 1. The fraction of sp³-hybridized carbons (Fsp3) is 0.308. The molecule has 0 radical (unpaired) electrons. The highest BCUT2D eigenvalue weighted by atomic mass is 32.1. The summed E-state index contributed by atoms with van der Waals surface area (Å²) in [5, 5.41) is 11.4. The zero-order valence-corrected chi connectivity index (χ0v) is 11.5. The molecule has 2 N–H and O–H groups in total. The largest absolute Gasteiger partial charge is 0.369 e. The molecule has 0 fully saturated rings. The molecule has 0 bridgehead atoms. The molecule has 0 aliphatic carbocycles. The number of aromatic amines is 1. The van der Waals surface area contributed by atoms with Crippen LogP contribution in [0.25, 0.3) is 10.2 Å². The molecule has 0 saturated carbocycles. The standard InChI is InChI=1S/C13H15N5S/c1-2-10-7-11-12(15-8-16-13(11)19-10)14-5-3-9-4-6-17-18-9/h4,6-8H,2-3,5H2,1H3,(H,17,18)(H,14,15,16). The number of aromatic nitrogens is 4. The number of aryl methyl sites for hydroxylation is 1. The third kappa shape index (κ3) is 2.58. The van der Waals surface area contributed by atoms with Gasteiger partial charge in [0.15, 0.2) is 0 Å². The first kappa shape index (κ1) is 12.1. The van der Waals surface area contributed by atoms with Crippen molar-refractivity contribution in [1.29, 1.82) is 0 Å². The van der Waals surface area contributed by atoms with Gasteiger partial charge in [-0.25, -0.2) is 9.97 Å². The van der Waals surface area contributed by atoms with Crippen molar-refractivity contribution in [2.75, 3.05) is 11.9 Å². The van der Waals surface area contributed by atoms with E-state index in [0.29, 0.717) is 0 Å². The zero-order chi connectivity index (χ0) is 13.1. The van der Waals surface area contributed by atoms with Crippen molar-refractivity contribution < 1.29 is 0 Å². The molecule has 98 valence electrons. The van der Waals surface area contributed by atoms with Gasteiger partial charge >= 0.3 is 0 Å². The van der Waals surface area contributed by atoms with Gasteiger partial charge in [-0.2, -0.15) is 5.10 Å². The van der Waals surface area contributed by atoms with Gasteiger partial charge in [-0.15, -0.1) is 11.3 Å². The molecule has 3 aromatic heterocycles. The Morgan fingerprint density at radius 1 is 1.37 bits per heavy atom. The molecular weight excluding hydrogens is 258 g/mol. The summed E-state index contributed by atoms with van der Waals surface area (Å²) in [5.74, 6) is 0.917. The first-order chi connectivity index (χ1) is 9.36. The van der Waals surface area contributed by atoms with Gasteiger partial charge in [-0.1, -0.05) is 6.92 Å². The summed E-state index contributed by atoms with van der Waals surface area (Å²) in [5.41, 5.74) is 1.12. The summed E-state index contributed by atoms with van der Waals surface area (Å²) in [6.45, 7) is 2.98. The molecule has 6 heteroatoms. The average Bonchev–Trinajstić information content (AvgIpc) is 3.07. The van der Waals surface area contributed by atoms with Crippen LogP contribution in [0.3, 0.4) is 0 Å². The molecule has 0 atom stereocenters. The number of hydrogen-bond acceptors (Lipinski definition) is 5. The van der Waals surface area contributed by atoms with Crippen LogP contribution in [0.2, 0.25) is 0 Å². The van der Waals surface area contributed by atoms with Crippen LogP contribution in [0.5, 0.6) is 0 Å². The SMILES string of the molecule is CCc1cc2c(NCCc3ccn[nH]3)ncnc2s1. The van der Waals surface area contributed by atoms with E-state index in [2.05, 4.69) is 38.5 Å². The fourth-order valence-electron chi connectivity index (χ4n) is 1.96. The van der Waals surface area contributed by atoms with E-state index in [1.165, 1.54) is 4.88 Å². The molecule has 3 aromatic rings. The van der Waals surface area contributed by atoms with Crippen LogP contribution >= 0.6 is 11.3 Å². The topological polar surface area (TPSA) is 66.5 Å². The Hall–Kier alpha value is -1.95. The minimum absolute atomic E-state index is 0.825. The van der Waals surface area contributed by atoms with E-state index >= 15 is 0 Å². The summed E-state index contributed by atoms with van der Waals surface area (Å²) >= 11 is 1.74. The van der Waals surface area contributed by atoms with Gasteiger partial charge in [-0.3, -0.25) is 5.10 Å². The van der Waals surface area contributed by atoms with Crippen molar-refractivity contribution in [2.24, 2.45) is 0 Å². The molecular formula is C13H15N5S. The normalized spacial score (nSPS) is 11.0. The predicted octanol–water partition coefficient (Wildman–Crippen LogP) is 2.63. The molecule has 0 aromatic carbocycles. The number of hydrogen-bond donors (Lipinski definition) is 2. The van der Waals surface area contributed by atoms with Crippen LogP contribution in [-0.2, 0) is 12.8 Å². The van der Waals surface area contributed by atoms with Gasteiger partial charge in [0.1, 0.15) is 17.0 Å². The third-order valence-electron chi connectivity index (χ3n) is 2.97. The lowest BCUT2D eigenvalue weighted by atomic mass is 10.3. The minimum Gasteiger partial charge on any atom is -0.369 e. The second-order valence-corrected chi connectivity index (χ2v) is 5.38. The second-order valence-electron chi connectivity index (χ2n) is 4.27. The highest BCUT2D eigenvalue weighted by Gasteiger charge is 2.07. The molecule has 0 aliphatic heterocycles. The first-order valence-electron chi connectivity index (χ1n) is 6.32. The molecule has 3 rings (SSSR count). The molecule has 0 saturated heterocycles. The van der Waals surface area contributed by atoms with Gasteiger partial charge in [0, 0.05) is 29.7 Å². The molecule has 0 aliphatic rings.